The van der Waals surface area contributed by atoms with E-state index in [9.17, 15) is 4.79 Å². The van der Waals surface area contributed by atoms with Crippen LogP contribution in [0.15, 0.2) is 60.2 Å². The van der Waals surface area contributed by atoms with E-state index in [1.54, 1.807) is 6.20 Å². The molecule has 26 heavy (non-hydrogen) atoms. The van der Waals surface area contributed by atoms with Crippen molar-refractivity contribution in [1.82, 2.24) is 15.3 Å². The first-order valence-electron chi connectivity index (χ1n) is 8.30. The molecule has 0 bridgehead atoms. The summed E-state index contributed by atoms with van der Waals surface area (Å²) < 4.78 is 0. The summed E-state index contributed by atoms with van der Waals surface area (Å²) in [6.07, 6.45) is 4.37. The van der Waals surface area contributed by atoms with Crippen LogP contribution in [0, 0.1) is 0 Å². The Hall–Kier alpha value is -3.12. The van der Waals surface area contributed by atoms with Gasteiger partial charge in [-0.05, 0) is 58.8 Å². The van der Waals surface area contributed by atoms with Gasteiger partial charge in [-0.3, -0.25) is 4.79 Å². The zero-order chi connectivity index (χ0) is 17.9. The fourth-order valence-electron chi connectivity index (χ4n) is 3.02. The van der Waals surface area contributed by atoms with Crippen LogP contribution in [0.5, 0.6) is 0 Å². The van der Waals surface area contributed by atoms with Crippen molar-refractivity contribution in [3.63, 3.8) is 0 Å². The zero-order valence-corrected chi connectivity index (χ0v) is 14.8. The summed E-state index contributed by atoms with van der Waals surface area (Å²) in [6.45, 7) is 0.457. The molecule has 130 valence electrons. The normalized spacial score (nSPS) is 10.9. The first-order valence-corrected chi connectivity index (χ1v) is 9.18. The van der Waals surface area contributed by atoms with Crippen molar-refractivity contribution >= 4 is 34.0 Å². The molecule has 0 saturated carbocycles. The standard InChI is InChI=1S/C20H18N4OS/c21-16-3-1-2-13(10-16)12-24-20(25)18-15(6-9-26-18)11-14-4-7-22-19-17(14)5-8-23-19/h1-10H,11-12,21H2,(H,22,23)(H,24,25). The van der Waals surface area contributed by atoms with E-state index in [0.717, 1.165) is 32.6 Å². The van der Waals surface area contributed by atoms with Crippen LogP contribution in [0.3, 0.4) is 0 Å². The summed E-state index contributed by atoms with van der Waals surface area (Å²) in [5.74, 6) is -0.0585. The number of thiophene rings is 1. The van der Waals surface area contributed by atoms with Gasteiger partial charge in [-0.1, -0.05) is 12.1 Å². The molecule has 0 fully saturated rings. The Morgan fingerprint density at radius 1 is 1.19 bits per heavy atom. The quantitative estimate of drug-likeness (QED) is 0.473. The monoisotopic (exact) mass is 362 g/mol. The second kappa shape index (κ2) is 7.01. The minimum absolute atomic E-state index is 0.0585. The van der Waals surface area contributed by atoms with Crippen LogP contribution in [-0.4, -0.2) is 15.9 Å². The summed E-state index contributed by atoms with van der Waals surface area (Å²) in [5.41, 5.74) is 10.5. The van der Waals surface area contributed by atoms with Gasteiger partial charge in [-0.25, -0.2) is 4.98 Å². The van der Waals surface area contributed by atoms with E-state index >= 15 is 0 Å². The molecule has 1 aromatic carbocycles. The van der Waals surface area contributed by atoms with E-state index in [1.165, 1.54) is 11.3 Å². The van der Waals surface area contributed by atoms with Crippen LogP contribution in [-0.2, 0) is 13.0 Å². The molecule has 3 aromatic heterocycles. The van der Waals surface area contributed by atoms with Gasteiger partial charge in [-0.15, -0.1) is 11.3 Å². The van der Waals surface area contributed by atoms with Gasteiger partial charge in [0.2, 0.25) is 0 Å². The van der Waals surface area contributed by atoms with Gasteiger partial charge in [0.15, 0.2) is 0 Å². The number of hydrogen-bond donors (Lipinski definition) is 3. The number of nitrogens with zero attached hydrogens (tertiary/aromatic N) is 1. The highest BCUT2D eigenvalue weighted by Gasteiger charge is 2.14. The molecule has 0 spiro atoms. The first-order chi connectivity index (χ1) is 12.7. The number of carbonyl (C=O) groups is 1. The number of nitrogen functional groups attached to an aromatic ring is 1. The molecule has 0 radical (unpaired) electrons. The number of H-pyrrole nitrogens is 1. The number of hydrogen-bond acceptors (Lipinski definition) is 4. The summed E-state index contributed by atoms with van der Waals surface area (Å²) >= 11 is 1.46. The zero-order valence-electron chi connectivity index (χ0n) is 14.0. The molecule has 4 N–H and O–H groups in total. The molecule has 6 heteroatoms. The third-order valence-corrected chi connectivity index (χ3v) is 5.24. The van der Waals surface area contributed by atoms with Crippen molar-refractivity contribution in [1.29, 1.82) is 0 Å². The summed E-state index contributed by atoms with van der Waals surface area (Å²) in [5, 5.41) is 6.03. The lowest BCUT2D eigenvalue weighted by molar-refractivity contribution is 0.0954. The predicted molar refractivity (Wildman–Crippen MR) is 105 cm³/mol. The SMILES string of the molecule is Nc1cccc(CNC(=O)c2sccc2Cc2ccnc3[nH]ccc23)c1. The van der Waals surface area contributed by atoms with Crippen molar-refractivity contribution in [2.45, 2.75) is 13.0 Å². The average Bonchev–Trinajstić information content (AvgIpc) is 3.29. The average molecular weight is 362 g/mol. The molecule has 3 heterocycles. The van der Waals surface area contributed by atoms with E-state index in [-0.39, 0.29) is 5.91 Å². The van der Waals surface area contributed by atoms with Crippen LogP contribution in [0.2, 0.25) is 0 Å². The molecular weight excluding hydrogens is 344 g/mol. The molecule has 0 atom stereocenters. The molecule has 0 aliphatic carbocycles. The van der Waals surface area contributed by atoms with Crippen LogP contribution >= 0.6 is 11.3 Å². The number of benzene rings is 1. The summed E-state index contributed by atoms with van der Waals surface area (Å²) in [6, 6.07) is 13.6. The van der Waals surface area contributed by atoms with Crippen molar-refractivity contribution in [2.24, 2.45) is 0 Å². The third-order valence-electron chi connectivity index (χ3n) is 4.29. The fourth-order valence-corrected chi connectivity index (χ4v) is 3.86. The Bertz CT molecular complexity index is 1070. The number of fused-ring (bicyclic) bond motifs is 1. The van der Waals surface area contributed by atoms with Crippen molar-refractivity contribution in [2.75, 3.05) is 5.73 Å². The van der Waals surface area contributed by atoms with E-state index in [2.05, 4.69) is 15.3 Å². The van der Waals surface area contributed by atoms with Gasteiger partial charge < -0.3 is 16.0 Å². The number of aromatic amines is 1. The lowest BCUT2D eigenvalue weighted by Gasteiger charge is -2.08. The Kier molecular flexibility index (Phi) is 4.41. The molecule has 4 aromatic rings. The highest BCUT2D eigenvalue weighted by atomic mass is 32.1. The van der Waals surface area contributed by atoms with Crippen molar-refractivity contribution < 1.29 is 4.79 Å². The van der Waals surface area contributed by atoms with E-state index < -0.39 is 0 Å². The van der Waals surface area contributed by atoms with Gasteiger partial charge in [0, 0.05) is 30.0 Å². The number of nitrogens with two attached hydrogens (primary N) is 1. The maximum atomic E-state index is 12.6. The maximum Gasteiger partial charge on any atom is 0.261 e. The molecule has 0 aliphatic rings. The molecular formula is C20H18N4OS. The number of amides is 1. The lowest BCUT2D eigenvalue weighted by Crippen LogP contribution is -2.22. The van der Waals surface area contributed by atoms with Crippen LogP contribution < -0.4 is 11.1 Å². The Labute approximate surface area is 154 Å². The Balaban J connectivity index is 1.51. The Morgan fingerprint density at radius 2 is 2.12 bits per heavy atom. The summed E-state index contributed by atoms with van der Waals surface area (Å²) in [4.78, 5) is 20.8. The molecule has 5 nitrogen and oxygen atoms in total. The predicted octanol–water partition coefficient (Wildman–Crippen LogP) is 3.73. The maximum absolute atomic E-state index is 12.6. The van der Waals surface area contributed by atoms with E-state index in [1.807, 2.05) is 54.0 Å². The Morgan fingerprint density at radius 3 is 3.00 bits per heavy atom. The van der Waals surface area contributed by atoms with Gasteiger partial charge in [0.05, 0.1) is 4.88 Å². The highest BCUT2D eigenvalue weighted by molar-refractivity contribution is 7.12. The largest absolute Gasteiger partial charge is 0.399 e. The molecule has 1 amide bonds. The van der Waals surface area contributed by atoms with Gasteiger partial charge in [-0.2, -0.15) is 0 Å². The molecule has 0 saturated heterocycles. The number of carbonyl (C=O) groups excluding carboxylic acids is 1. The lowest BCUT2D eigenvalue weighted by atomic mass is 10.0. The number of rotatable bonds is 5. The number of nitrogens with one attached hydrogen (secondary N) is 2. The van der Waals surface area contributed by atoms with E-state index in [0.29, 0.717) is 18.7 Å². The second-order valence-corrected chi connectivity index (χ2v) is 7.01. The smallest absolute Gasteiger partial charge is 0.261 e. The van der Waals surface area contributed by atoms with Gasteiger partial charge >= 0.3 is 0 Å². The molecule has 0 unspecified atom stereocenters. The van der Waals surface area contributed by atoms with Crippen molar-refractivity contribution in [3.05, 3.63) is 81.8 Å². The van der Waals surface area contributed by atoms with Crippen molar-refractivity contribution in [3.8, 4) is 0 Å². The highest BCUT2D eigenvalue weighted by Crippen LogP contribution is 2.24. The number of anilines is 1. The number of aromatic nitrogens is 2. The summed E-state index contributed by atoms with van der Waals surface area (Å²) in [7, 11) is 0. The fraction of sp³-hybridized carbons (Fsp3) is 0.100. The minimum atomic E-state index is -0.0585. The third kappa shape index (κ3) is 3.32. The van der Waals surface area contributed by atoms with Crippen LogP contribution in [0.25, 0.3) is 11.0 Å². The number of pyridine rings is 1. The van der Waals surface area contributed by atoms with E-state index in [4.69, 9.17) is 5.73 Å². The second-order valence-electron chi connectivity index (χ2n) is 6.09. The topological polar surface area (TPSA) is 83.8 Å². The van der Waals surface area contributed by atoms with Gasteiger partial charge in [0.1, 0.15) is 5.65 Å². The molecule has 0 aliphatic heterocycles. The molecule has 4 rings (SSSR count). The first kappa shape index (κ1) is 16.4. The van der Waals surface area contributed by atoms with Crippen LogP contribution in [0.4, 0.5) is 5.69 Å². The minimum Gasteiger partial charge on any atom is -0.399 e. The van der Waals surface area contributed by atoms with Crippen LogP contribution in [0.1, 0.15) is 26.4 Å². The van der Waals surface area contributed by atoms with Gasteiger partial charge in [0.25, 0.3) is 5.91 Å².